The first-order valence-corrected chi connectivity index (χ1v) is 12.6. The van der Waals surface area contributed by atoms with Gasteiger partial charge in [-0.15, -0.1) is 0 Å². The molecule has 3 aromatic rings. The molecule has 4 rings (SSSR count). The zero-order chi connectivity index (χ0) is 24.5. The molecule has 0 unspecified atom stereocenters. The van der Waals surface area contributed by atoms with Gasteiger partial charge in [-0.25, -0.2) is 4.79 Å². The Hall–Kier alpha value is -3.45. The Balaban J connectivity index is 1.45. The second-order valence-electron chi connectivity index (χ2n) is 9.35. The summed E-state index contributed by atoms with van der Waals surface area (Å²) >= 11 is 0. The molecule has 0 amide bonds. The number of ether oxygens (including phenoxy) is 1. The molecule has 1 heterocycles. The third-order valence-electron chi connectivity index (χ3n) is 5.70. The molecule has 7 heteroatoms. The zero-order valence-electron chi connectivity index (χ0n) is 19.8. The molecule has 176 valence electrons. The average Bonchev–Trinajstić information content (AvgIpc) is 3.08. The predicted octanol–water partition coefficient (Wildman–Crippen LogP) is 5.10. The maximum absolute atomic E-state index is 12.5. The van der Waals surface area contributed by atoms with Gasteiger partial charge in [-0.3, -0.25) is 0 Å². The number of fused-ring (bicyclic) bond motifs is 1. The van der Waals surface area contributed by atoms with E-state index >= 15 is 0 Å². The number of carbonyl (C=O) groups is 1. The van der Waals surface area contributed by atoms with Crippen LogP contribution in [0.4, 0.5) is 5.69 Å². The maximum atomic E-state index is 12.5. The Labute approximate surface area is 200 Å². The Morgan fingerprint density at radius 2 is 1.68 bits per heavy atom. The first-order chi connectivity index (χ1) is 16.1. The van der Waals surface area contributed by atoms with Gasteiger partial charge in [-0.1, -0.05) is 62.7 Å². The summed E-state index contributed by atoms with van der Waals surface area (Å²) in [5.74, 6) is -0.383. The molecule has 1 aliphatic rings. The van der Waals surface area contributed by atoms with Crippen LogP contribution in [0.15, 0.2) is 76.0 Å². The van der Waals surface area contributed by atoms with E-state index < -0.39 is 10.0 Å². The van der Waals surface area contributed by atoms with E-state index in [2.05, 4.69) is 30.5 Å². The summed E-state index contributed by atoms with van der Waals surface area (Å²) in [5.41, 5.74) is 5.07. The molecule has 0 fully saturated rings. The predicted molar refractivity (Wildman–Crippen MR) is 134 cm³/mol. The van der Waals surface area contributed by atoms with Crippen LogP contribution >= 0.6 is 0 Å². The lowest BCUT2D eigenvalue weighted by molar-refractivity contribution is 0.0520. The fourth-order valence-corrected chi connectivity index (χ4v) is 5.06. The third kappa shape index (κ3) is 4.89. The first-order valence-electron chi connectivity index (χ1n) is 11.1. The number of carbonyl (C=O) groups excluding carboxylic acids is 1. The van der Waals surface area contributed by atoms with Gasteiger partial charge < -0.3 is 10.1 Å². The lowest BCUT2D eigenvalue weighted by Gasteiger charge is -2.19. The van der Waals surface area contributed by atoms with Gasteiger partial charge in [0.15, 0.2) is 0 Å². The monoisotopic (exact) mass is 476 g/mol. The largest absolute Gasteiger partial charge is 0.460 e. The average molecular weight is 477 g/mol. The Morgan fingerprint density at radius 1 is 0.971 bits per heavy atom. The van der Waals surface area contributed by atoms with E-state index in [1.54, 1.807) is 36.4 Å². The molecule has 3 aromatic carbocycles. The molecule has 0 aromatic heterocycles. The highest BCUT2D eigenvalue weighted by Gasteiger charge is 2.30. The molecule has 6 nitrogen and oxygen atoms in total. The summed E-state index contributed by atoms with van der Waals surface area (Å²) in [7, 11) is -3.72. The van der Waals surface area contributed by atoms with Crippen molar-refractivity contribution in [1.29, 1.82) is 0 Å². The topological polar surface area (TPSA) is 84.8 Å². The second kappa shape index (κ2) is 9.06. The van der Waals surface area contributed by atoms with E-state index in [1.165, 1.54) is 0 Å². The van der Waals surface area contributed by atoms with Crippen LogP contribution in [0.1, 0.15) is 53.4 Å². The van der Waals surface area contributed by atoms with Gasteiger partial charge in [0.05, 0.1) is 16.2 Å². The summed E-state index contributed by atoms with van der Waals surface area (Å²) in [5, 5.41) is 3.26. The molecule has 0 saturated carbocycles. The Bertz CT molecular complexity index is 1370. The van der Waals surface area contributed by atoms with Gasteiger partial charge in [0, 0.05) is 23.4 Å². The lowest BCUT2D eigenvalue weighted by atomic mass is 9.87. The number of nitrogens with zero attached hydrogens (tertiary/aromatic N) is 1. The highest BCUT2D eigenvalue weighted by atomic mass is 32.2. The van der Waals surface area contributed by atoms with E-state index in [0.717, 1.165) is 16.8 Å². The smallest absolute Gasteiger partial charge is 0.338 e. The first kappa shape index (κ1) is 23.7. The van der Waals surface area contributed by atoms with E-state index in [-0.39, 0.29) is 22.9 Å². The molecule has 0 aliphatic carbocycles. The molecule has 0 saturated heterocycles. The number of nitrogens with one attached hydrogen (secondary N) is 1. The van der Waals surface area contributed by atoms with Crippen molar-refractivity contribution in [3.8, 4) is 0 Å². The minimum absolute atomic E-state index is 0.0154. The summed E-state index contributed by atoms with van der Waals surface area (Å²) < 4.78 is 34.5. The van der Waals surface area contributed by atoms with Crippen molar-refractivity contribution in [2.45, 2.75) is 38.0 Å². The molecular weight excluding hydrogens is 448 g/mol. The molecule has 1 N–H and O–H groups in total. The lowest BCUT2D eigenvalue weighted by Crippen LogP contribution is -2.16. The fraction of sp³-hybridized carbons (Fsp3) is 0.259. The third-order valence-corrected chi connectivity index (χ3v) is 7.03. The highest BCUT2D eigenvalue weighted by Crippen LogP contribution is 2.32. The van der Waals surface area contributed by atoms with Gasteiger partial charge in [0.1, 0.15) is 6.61 Å². The molecule has 0 bridgehead atoms. The normalized spacial score (nSPS) is 14.3. The number of aryl methyl sites for hydroxylation is 1. The van der Waals surface area contributed by atoms with Crippen molar-refractivity contribution in [3.63, 3.8) is 0 Å². The van der Waals surface area contributed by atoms with Crippen LogP contribution in [-0.2, 0) is 20.2 Å². The standard InChI is InChI=1S/C27H28N2O4S/c1-18-9-14-23(22(17-18)25-21-7-5-6-8-24(21)34(31,32)29-25)28-15-16-33-26(30)19-10-12-20(13-11-19)27(2,3)4/h5-14,17,28H,15-16H2,1-4H3. The second-order valence-corrected chi connectivity index (χ2v) is 10.9. The van der Waals surface area contributed by atoms with Crippen molar-refractivity contribution in [3.05, 3.63) is 94.5 Å². The SMILES string of the molecule is Cc1ccc(NCCOC(=O)c2ccc(C(C)(C)C)cc2)c(C2=NS(=O)(=O)c3ccccc32)c1. The number of anilines is 1. The van der Waals surface area contributed by atoms with Gasteiger partial charge in [0.2, 0.25) is 0 Å². The van der Waals surface area contributed by atoms with Crippen LogP contribution in [0.3, 0.4) is 0 Å². The molecule has 1 aliphatic heterocycles. The van der Waals surface area contributed by atoms with Gasteiger partial charge in [-0.05, 0) is 48.2 Å². The van der Waals surface area contributed by atoms with E-state index in [4.69, 9.17) is 4.74 Å². The van der Waals surface area contributed by atoms with E-state index in [9.17, 15) is 13.2 Å². The number of hydrogen-bond acceptors (Lipinski definition) is 5. The minimum atomic E-state index is -3.72. The zero-order valence-corrected chi connectivity index (χ0v) is 20.6. The number of hydrogen-bond donors (Lipinski definition) is 1. The van der Waals surface area contributed by atoms with Crippen LogP contribution in [0, 0.1) is 6.92 Å². The van der Waals surface area contributed by atoms with Crippen LogP contribution < -0.4 is 5.32 Å². The number of benzene rings is 3. The summed E-state index contributed by atoms with van der Waals surface area (Å²) in [4.78, 5) is 12.6. The Kier molecular flexibility index (Phi) is 6.32. The van der Waals surface area contributed by atoms with Crippen LogP contribution in [0.2, 0.25) is 0 Å². The van der Waals surface area contributed by atoms with Crippen LogP contribution in [0.5, 0.6) is 0 Å². The minimum Gasteiger partial charge on any atom is -0.460 e. The van der Waals surface area contributed by atoms with Crippen molar-refractivity contribution >= 4 is 27.4 Å². The fourth-order valence-electron chi connectivity index (χ4n) is 3.83. The number of esters is 1. The van der Waals surface area contributed by atoms with Crippen molar-refractivity contribution in [2.24, 2.45) is 4.40 Å². The summed E-state index contributed by atoms with van der Waals surface area (Å²) in [6.07, 6.45) is 0. The van der Waals surface area contributed by atoms with Crippen LogP contribution in [-0.4, -0.2) is 33.3 Å². The van der Waals surface area contributed by atoms with Crippen molar-refractivity contribution in [2.75, 3.05) is 18.5 Å². The van der Waals surface area contributed by atoms with E-state index in [0.29, 0.717) is 28.9 Å². The summed E-state index contributed by atoms with van der Waals surface area (Å²) in [6, 6.07) is 20.0. The molecule has 0 radical (unpaired) electrons. The molecule has 0 atom stereocenters. The van der Waals surface area contributed by atoms with Crippen molar-refractivity contribution < 1.29 is 17.9 Å². The van der Waals surface area contributed by atoms with Gasteiger partial charge >= 0.3 is 5.97 Å². The molecular formula is C27H28N2O4S. The Morgan fingerprint density at radius 3 is 2.38 bits per heavy atom. The van der Waals surface area contributed by atoms with Gasteiger partial charge in [0.25, 0.3) is 10.0 Å². The van der Waals surface area contributed by atoms with Crippen molar-refractivity contribution in [1.82, 2.24) is 0 Å². The molecule has 0 spiro atoms. The van der Waals surface area contributed by atoms with Crippen LogP contribution in [0.25, 0.3) is 0 Å². The quantitative estimate of drug-likeness (QED) is 0.395. The number of sulfonamides is 1. The number of rotatable bonds is 6. The van der Waals surface area contributed by atoms with E-state index in [1.807, 2.05) is 37.3 Å². The van der Waals surface area contributed by atoms with Gasteiger partial charge in [-0.2, -0.15) is 12.8 Å². The highest BCUT2D eigenvalue weighted by molar-refractivity contribution is 7.90. The summed E-state index contributed by atoms with van der Waals surface area (Å²) in [6.45, 7) is 8.83. The molecule has 34 heavy (non-hydrogen) atoms. The maximum Gasteiger partial charge on any atom is 0.338 e.